The molecule has 114 valence electrons. The third-order valence-electron chi connectivity index (χ3n) is 3.10. The van der Waals surface area contributed by atoms with Crippen molar-refractivity contribution in [1.29, 1.82) is 0 Å². The lowest BCUT2D eigenvalue weighted by Gasteiger charge is -2.11. The number of hydrogen-bond donors (Lipinski definition) is 3. The van der Waals surface area contributed by atoms with Crippen LogP contribution in [0.3, 0.4) is 0 Å². The lowest BCUT2D eigenvalue weighted by atomic mass is 10.2. The Morgan fingerprint density at radius 2 is 1.76 bits per heavy atom. The molecule has 1 aliphatic carbocycles. The number of amides is 2. The Morgan fingerprint density at radius 1 is 1.19 bits per heavy atom. The molecule has 1 saturated carbocycles. The maximum Gasteiger partial charge on any atom is 0.405 e. The van der Waals surface area contributed by atoms with Crippen LogP contribution in [0.2, 0.25) is 0 Å². The molecule has 4 N–H and O–H groups in total. The number of nitrogens with two attached hydrogens (primary N) is 1. The van der Waals surface area contributed by atoms with Crippen LogP contribution < -0.4 is 16.4 Å². The number of benzene rings is 1. The quantitative estimate of drug-likeness (QED) is 0.786. The van der Waals surface area contributed by atoms with Crippen LogP contribution in [0.5, 0.6) is 0 Å². The lowest BCUT2D eigenvalue weighted by Crippen LogP contribution is -2.37. The average Bonchev–Trinajstić information content (AvgIpc) is 3.15. The minimum absolute atomic E-state index is 0.0751. The number of hydrogen-bond acceptors (Lipinski definition) is 3. The highest BCUT2D eigenvalue weighted by Gasteiger charge is 2.45. The number of nitrogens with one attached hydrogen (secondary N) is 2. The summed E-state index contributed by atoms with van der Waals surface area (Å²) in [6.45, 7) is -1.39. The molecule has 0 aromatic heterocycles. The van der Waals surface area contributed by atoms with Crippen LogP contribution in [0.1, 0.15) is 23.2 Å². The van der Waals surface area contributed by atoms with Crippen LogP contribution in [-0.2, 0) is 4.79 Å². The summed E-state index contributed by atoms with van der Waals surface area (Å²) in [6, 6.07) is 5.53. The van der Waals surface area contributed by atoms with Gasteiger partial charge in [-0.3, -0.25) is 9.59 Å². The molecule has 5 nitrogen and oxygen atoms in total. The Bertz CT molecular complexity index is 551. The van der Waals surface area contributed by atoms with Crippen LogP contribution in [-0.4, -0.2) is 30.1 Å². The summed E-state index contributed by atoms with van der Waals surface area (Å²) in [5.41, 5.74) is 5.41. The first kappa shape index (κ1) is 15.3. The van der Waals surface area contributed by atoms with Crippen molar-refractivity contribution in [1.82, 2.24) is 5.32 Å². The van der Waals surface area contributed by atoms with Gasteiger partial charge in [0.05, 0.1) is 5.54 Å². The lowest BCUT2D eigenvalue weighted by molar-refractivity contribution is -0.123. The van der Waals surface area contributed by atoms with Crippen LogP contribution in [0, 0.1) is 0 Å². The van der Waals surface area contributed by atoms with E-state index in [4.69, 9.17) is 5.73 Å². The molecule has 0 spiro atoms. The van der Waals surface area contributed by atoms with Gasteiger partial charge in [0.1, 0.15) is 6.54 Å². The van der Waals surface area contributed by atoms with E-state index in [0.29, 0.717) is 18.5 Å². The number of carbonyl (C=O) groups excluding carboxylic acids is 2. The minimum Gasteiger partial charge on any atom is -0.343 e. The zero-order valence-electron chi connectivity index (χ0n) is 11.0. The molecule has 0 radical (unpaired) electrons. The number of alkyl halides is 3. The molecular weight excluding hydrogens is 287 g/mol. The third kappa shape index (κ3) is 4.19. The maximum absolute atomic E-state index is 12.0. The average molecular weight is 301 g/mol. The first-order valence-electron chi connectivity index (χ1n) is 6.25. The molecule has 1 fully saturated rings. The van der Waals surface area contributed by atoms with Crippen molar-refractivity contribution in [2.45, 2.75) is 24.6 Å². The van der Waals surface area contributed by atoms with E-state index < -0.39 is 24.2 Å². The fraction of sp³-hybridized carbons (Fsp3) is 0.385. The summed E-state index contributed by atoms with van der Waals surface area (Å²) in [7, 11) is 0. The smallest absolute Gasteiger partial charge is 0.343 e. The molecule has 8 heteroatoms. The van der Waals surface area contributed by atoms with Gasteiger partial charge in [0.15, 0.2) is 0 Å². The van der Waals surface area contributed by atoms with Crippen molar-refractivity contribution < 1.29 is 22.8 Å². The highest BCUT2D eigenvalue weighted by atomic mass is 19.4. The van der Waals surface area contributed by atoms with Crippen molar-refractivity contribution in [3.05, 3.63) is 29.8 Å². The SMILES string of the molecule is NC1(C(=O)Nc2ccc(C(=O)NCC(F)(F)F)cc2)CC1. The van der Waals surface area contributed by atoms with E-state index in [1.54, 1.807) is 5.32 Å². The molecule has 0 unspecified atom stereocenters. The predicted molar refractivity (Wildman–Crippen MR) is 69.6 cm³/mol. The zero-order valence-corrected chi connectivity index (χ0v) is 11.0. The Hall–Kier alpha value is -2.09. The second-order valence-corrected chi connectivity index (χ2v) is 4.99. The van der Waals surface area contributed by atoms with Crippen LogP contribution in [0.4, 0.5) is 18.9 Å². The Balaban J connectivity index is 1.92. The van der Waals surface area contributed by atoms with E-state index in [9.17, 15) is 22.8 Å². The number of halogens is 3. The predicted octanol–water partition coefficient (Wildman–Crippen LogP) is 1.41. The van der Waals surface area contributed by atoms with Gasteiger partial charge < -0.3 is 16.4 Å². The van der Waals surface area contributed by atoms with Gasteiger partial charge in [-0.1, -0.05) is 0 Å². The van der Waals surface area contributed by atoms with Gasteiger partial charge in [-0.05, 0) is 37.1 Å². The molecule has 0 heterocycles. The van der Waals surface area contributed by atoms with Gasteiger partial charge in [-0.15, -0.1) is 0 Å². The van der Waals surface area contributed by atoms with Crippen LogP contribution in [0.15, 0.2) is 24.3 Å². The van der Waals surface area contributed by atoms with E-state index in [0.717, 1.165) is 0 Å². The number of rotatable bonds is 4. The van der Waals surface area contributed by atoms with Gasteiger partial charge in [-0.25, -0.2) is 0 Å². The summed E-state index contributed by atoms with van der Waals surface area (Å²) >= 11 is 0. The highest BCUT2D eigenvalue weighted by Crippen LogP contribution is 2.33. The topological polar surface area (TPSA) is 84.2 Å². The Morgan fingerprint density at radius 3 is 2.24 bits per heavy atom. The number of carbonyl (C=O) groups is 2. The summed E-state index contributed by atoms with van der Waals surface area (Å²) in [5, 5.41) is 4.35. The van der Waals surface area contributed by atoms with Crippen LogP contribution in [0.25, 0.3) is 0 Å². The first-order valence-corrected chi connectivity index (χ1v) is 6.25. The zero-order chi connectivity index (χ0) is 15.7. The van der Waals surface area contributed by atoms with E-state index in [1.807, 2.05) is 0 Å². The summed E-state index contributed by atoms with van der Waals surface area (Å²) in [6.07, 6.45) is -3.21. The summed E-state index contributed by atoms with van der Waals surface area (Å²) in [4.78, 5) is 23.2. The van der Waals surface area contributed by atoms with Crippen molar-refractivity contribution in [3.63, 3.8) is 0 Å². The van der Waals surface area contributed by atoms with Crippen molar-refractivity contribution in [2.75, 3.05) is 11.9 Å². The molecule has 2 amide bonds. The molecule has 1 aromatic carbocycles. The normalized spacial score (nSPS) is 16.2. The van der Waals surface area contributed by atoms with E-state index >= 15 is 0 Å². The molecule has 21 heavy (non-hydrogen) atoms. The third-order valence-corrected chi connectivity index (χ3v) is 3.10. The van der Waals surface area contributed by atoms with E-state index in [2.05, 4.69) is 5.32 Å². The molecular formula is C13H14F3N3O2. The van der Waals surface area contributed by atoms with Gasteiger partial charge in [0, 0.05) is 11.3 Å². The Labute approximate surface area is 118 Å². The largest absolute Gasteiger partial charge is 0.405 e. The van der Waals surface area contributed by atoms with E-state index in [1.165, 1.54) is 24.3 Å². The standard InChI is InChI=1S/C13H14F3N3O2/c14-13(15,16)7-18-10(20)8-1-3-9(4-2-8)19-11(21)12(17)5-6-12/h1-4H,5-7,17H2,(H,18,20)(H,19,21). The van der Waals surface area contributed by atoms with Gasteiger partial charge in [-0.2, -0.15) is 13.2 Å². The molecule has 0 atom stereocenters. The maximum atomic E-state index is 12.0. The van der Waals surface area contributed by atoms with Gasteiger partial charge in [0.25, 0.3) is 5.91 Å². The molecule has 2 rings (SSSR count). The Kier molecular flexibility index (Phi) is 3.91. The molecule has 1 aromatic rings. The van der Waals surface area contributed by atoms with Crippen molar-refractivity contribution in [3.8, 4) is 0 Å². The molecule has 1 aliphatic rings. The minimum atomic E-state index is -4.46. The first-order chi connectivity index (χ1) is 9.70. The summed E-state index contributed by atoms with van der Waals surface area (Å²) in [5.74, 6) is -1.14. The highest BCUT2D eigenvalue weighted by molar-refractivity contribution is 6.00. The second kappa shape index (κ2) is 5.36. The fourth-order valence-corrected chi connectivity index (χ4v) is 1.60. The fourth-order valence-electron chi connectivity index (χ4n) is 1.60. The van der Waals surface area contributed by atoms with Gasteiger partial charge >= 0.3 is 6.18 Å². The molecule has 0 bridgehead atoms. The summed E-state index contributed by atoms with van der Waals surface area (Å²) < 4.78 is 35.9. The van der Waals surface area contributed by atoms with Crippen molar-refractivity contribution >= 4 is 17.5 Å². The van der Waals surface area contributed by atoms with Crippen molar-refractivity contribution in [2.24, 2.45) is 5.73 Å². The van der Waals surface area contributed by atoms with Crippen LogP contribution >= 0.6 is 0 Å². The number of anilines is 1. The second-order valence-electron chi connectivity index (χ2n) is 4.99. The monoisotopic (exact) mass is 301 g/mol. The van der Waals surface area contributed by atoms with E-state index in [-0.39, 0.29) is 11.5 Å². The molecule has 0 saturated heterocycles. The molecule has 0 aliphatic heterocycles. The van der Waals surface area contributed by atoms with Gasteiger partial charge in [0.2, 0.25) is 5.91 Å².